The molecule has 4 nitrogen and oxygen atoms in total. The second-order valence-electron chi connectivity index (χ2n) is 6.17. The monoisotopic (exact) mass is 272 g/mol. The molecule has 1 aromatic rings. The SMILES string of the molecule is C[C@]12CCCC[C@@H]1[C@H]2C(=O)N/N=C\c1cccc(O)c1. The van der Waals surface area contributed by atoms with E-state index in [1.807, 2.05) is 6.07 Å². The van der Waals surface area contributed by atoms with Gasteiger partial charge in [0.15, 0.2) is 0 Å². The quantitative estimate of drug-likeness (QED) is 0.656. The summed E-state index contributed by atoms with van der Waals surface area (Å²) in [5.74, 6) is 0.912. The van der Waals surface area contributed by atoms with Gasteiger partial charge >= 0.3 is 0 Å². The summed E-state index contributed by atoms with van der Waals surface area (Å²) < 4.78 is 0. The van der Waals surface area contributed by atoms with Crippen molar-refractivity contribution in [2.24, 2.45) is 22.4 Å². The van der Waals surface area contributed by atoms with Crippen molar-refractivity contribution in [1.82, 2.24) is 5.43 Å². The Morgan fingerprint density at radius 1 is 1.50 bits per heavy atom. The van der Waals surface area contributed by atoms with Crippen LogP contribution in [0.15, 0.2) is 29.4 Å². The molecule has 4 heteroatoms. The number of rotatable bonds is 3. The maximum absolute atomic E-state index is 12.2. The highest BCUT2D eigenvalue weighted by molar-refractivity contribution is 5.86. The summed E-state index contributed by atoms with van der Waals surface area (Å²) in [4.78, 5) is 12.2. The molecule has 106 valence electrons. The summed E-state index contributed by atoms with van der Waals surface area (Å²) in [7, 11) is 0. The lowest BCUT2D eigenvalue weighted by Gasteiger charge is -2.15. The fourth-order valence-corrected chi connectivity index (χ4v) is 3.70. The van der Waals surface area contributed by atoms with E-state index >= 15 is 0 Å². The van der Waals surface area contributed by atoms with Gasteiger partial charge in [-0.1, -0.05) is 31.9 Å². The summed E-state index contributed by atoms with van der Waals surface area (Å²) in [6.45, 7) is 2.22. The second-order valence-corrected chi connectivity index (χ2v) is 6.17. The number of nitrogens with one attached hydrogen (secondary N) is 1. The predicted octanol–water partition coefficient (Wildman–Crippen LogP) is 2.67. The highest BCUT2D eigenvalue weighted by Crippen LogP contribution is 2.66. The molecule has 2 aliphatic rings. The molecule has 3 rings (SSSR count). The van der Waals surface area contributed by atoms with Gasteiger partial charge in [-0.2, -0.15) is 5.10 Å². The minimum atomic E-state index is 0.0378. The maximum Gasteiger partial charge on any atom is 0.244 e. The number of carbonyl (C=O) groups excluding carboxylic acids is 1. The lowest BCUT2D eigenvalue weighted by molar-refractivity contribution is -0.123. The first-order chi connectivity index (χ1) is 9.61. The average molecular weight is 272 g/mol. The van der Waals surface area contributed by atoms with Gasteiger partial charge in [-0.05, 0) is 41.9 Å². The molecule has 3 atom stereocenters. The summed E-state index contributed by atoms with van der Waals surface area (Å²) in [6.07, 6.45) is 6.38. The van der Waals surface area contributed by atoms with E-state index in [2.05, 4.69) is 17.5 Å². The molecular formula is C16H20N2O2. The number of fused-ring (bicyclic) bond motifs is 1. The number of hydrogen-bond donors (Lipinski definition) is 2. The van der Waals surface area contributed by atoms with Crippen molar-refractivity contribution >= 4 is 12.1 Å². The van der Waals surface area contributed by atoms with Gasteiger partial charge < -0.3 is 5.11 Å². The third-order valence-electron chi connectivity index (χ3n) is 4.87. The van der Waals surface area contributed by atoms with Crippen molar-refractivity contribution in [2.45, 2.75) is 32.6 Å². The first-order valence-corrected chi connectivity index (χ1v) is 7.23. The second kappa shape index (κ2) is 4.93. The molecule has 2 aliphatic carbocycles. The van der Waals surface area contributed by atoms with Gasteiger partial charge in [0.1, 0.15) is 5.75 Å². The maximum atomic E-state index is 12.2. The van der Waals surface area contributed by atoms with Crippen LogP contribution in [0.4, 0.5) is 0 Å². The first kappa shape index (κ1) is 13.2. The normalized spacial score (nSPS) is 31.9. The number of hydrogen-bond acceptors (Lipinski definition) is 3. The van der Waals surface area contributed by atoms with E-state index < -0.39 is 0 Å². The predicted molar refractivity (Wildman–Crippen MR) is 77.4 cm³/mol. The Bertz CT molecular complexity index is 555. The number of benzene rings is 1. The summed E-state index contributed by atoms with van der Waals surface area (Å²) in [5.41, 5.74) is 3.62. The van der Waals surface area contributed by atoms with Crippen molar-refractivity contribution in [3.8, 4) is 5.75 Å². The Labute approximate surface area is 118 Å². The van der Waals surface area contributed by atoms with Gasteiger partial charge in [-0.3, -0.25) is 4.79 Å². The van der Waals surface area contributed by atoms with Crippen LogP contribution in [0.25, 0.3) is 0 Å². The molecule has 1 aromatic carbocycles. The molecule has 1 amide bonds. The lowest BCUT2D eigenvalue weighted by Crippen LogP contribution is -2.22. The van der Waals surface area contributed by atoms with Crippen molar-refractivity contribution < 1.29 is 9.90 Å². The van der Waals surface area contributed by atoms with Crippen molar-refractivity contribution in [3.63, 3.8) is 0 Å². The number of phenols is 1. The third-order valence-corrected chi connectivity index (χ3v) is 4.87. The molecule has 2 fully saturated rings. The van der Waals surface area contributed by atoms with E-state index in [4.69, 9.17) is 0 Å². The number of amides is 1. The third kappa shape index (κ3) is 2.30. The number of aromatic hydroxyl groups is 1. The number of carbonyl (C=O) groups is 1. The lowest BCUT2D eigenvalue weighted by atomic mass is 9.90. The molecule has 0 heterocycles. The minimum absolute atomic E-state index is 0.0378. The standard InChI is InChI=1S/C16H20N2O2/c1-16-8-3-2-7-13(16)14(16)15(20)18-17-10-11-5-4-6-12(19)9-11/h4-6,9-10,13-14,19H,2-3,7-8H2,1H3,(H,18,20)/b17-10-/t13-,14+,16+/m1/s1. The largest absolute Gasteiger partial charge is 0.508 e. The van der Waals surface area contributed by atoms with Crippen LogP contribution in [0.1, 0.15) is 38.2 Å². The van der Waals surface area contributed by atoms with E-state index in [9.17, 15) is 9.90 Å². The van der Waals surface area contributed by atoms with Crippen LogP contribution < -0.4 is 5.43 Å². The van der Waals surface area contributed by atoms with Crippen LogP contribution in [0, 0.1) is 17.3 Å². The van der Waals surface area contributed by atoms with E-state index in [-0.39, 0.29) is 23.0 Å². The highest BCUT2D eigenvalue weighted by Gasteiger charge is 2.64. The van der Waals surface area contributed by atoms with Crippen molar-refractivity contribution in [3.05, 3.63) is 29.8 Å². The van der Waals surface area contributed by atoms with Crippen LogP contribution in [0.5, 0.6) is 5.75 Å². The van der Waals surface area contributed by atoms with Crippen molar-refractivity contribution in [2.75, 3.05) is 0 Å². The van der Waals surface area contributed by atoms with Gasteiger partial charge in [-0.15, -0.1) is 0 Å². The van der Waals surface area contributed by atoms with Crippen LogP contribution in [0.3, 0.4) is 0 Å². The van der Waals surface area contributed by atoms with Gasteiger partial charge in [-0.25, -0.2) is 5.43 Å². The number of phenolic OH excluding ortho intramolecular Hbond substituents is 1. The molecule has 2 N–H and O–H groups in total. The molecule has 0 bridgehead atoms. The van der Waals surface area contributed by atoms with Crippen LogP contribution >= 0.6 is 0 Å². The minimum Gasteiger partial charge on any atom is -0.508 e. The molecule has 2 saturated carbocycles. The number of hydrazone groups is 1. The van der Waals surface area contributed by atoms with Crippen LogP contribution in [-0.2, 0) is 4.79 Å². The first-order valence-electron chi connectivity index (χ1n) is 7.23. The van der Waals surface area contributed by atoms with Crippen molar-refractivity contribution in [1.29, 1.82) is 0 Å². The van der Waals surface area contributed by atoms with E-state index in [1.165, 1.54) is 19.3 Å². The topological polar surface area (TPSA) is 61.7 Å². The summed E-state index contributed by atoms with van der Waals surface area (Å²) in [6, 6.07) is 6.78. The zero-order valence-corrected chi connectivity index (χ0v) is 11.7. The fourth-order valence-electron chi connectivity index (χ4n) is 3.70. The molecule has 0 aliphatic heterocycles. The Balaban J connectivity index is 1.58. The van der Waals surface area contributed by atoms with Crippen LogP contribution in [0.2, 0.25) is 0 Å². The average Bonchev–Trinajstić information content (AvgIpc) is 3.04. The Hall–Kier alpha value is -1.84. The van der Waals surface area contributed by atoms with Gasteiger partial charge in [0.05, 0.1) is 6.21 Å². The fraction of sp³-hybridized carbons (Fsp3) is 0.500. The Morgan fingerprint density at radius 3 is 3.05 bits per heavy atom. The van der Waals surface area contributed by atoms with Gasteiger partial charge in [0, 0.05) is 5.92 Å². The molecule has 20 heavy (non-hydrogen) atoms. The van der Waals surface area contributed by atoms with Crippen LogP contribution in [-0.4, -0.2) is 17.2 Å². The molecular weight excluding hydrogens is 252 g/mol. The van der Waals surface area contributed by atoms with E-state index in [0.29, 0.717) is 5.92 Å². The molecule has 0 unspecified atom stereocenters. The van der Waals surface area contributed by atoms with Gasteiger partial charge in [0.2, 0.25) is 5.91 Å². The molecule has 0 saturated heterocycles. The Morgan fingerprint density at radius 2 is 2.35 bits per heavy atom. The number of nitrogens with zero attached hydrogens (tertiary/aromatic N) is 1. The highest BCUT2D eigenvalue weighted by atomic mass is 16.3. The zero-order chi connectivity index (χ0) is 14.2. The van der Waals surface area contributed by atoms with E-state index in [1.54, 1.807) is 24.4 Å². The van der Waals surface area contributed by atoms with Gasteiger partial charge in [0.25, 0.3) is 0 Å². The zero-order valence-electron chi connectivity index (χ0n) is 11.7. The molecule has 0 aromatic heterocycles. The summed E-state index contributed by atoms with van der Waals surface area (Å²) >= 11 is 0. The van der Waals surface area contributed by atoms with E-state index in [0.717, 1.165) is 12.0 Å². The molecule has 0 spiro atoms. The Kier molecular flexibility index (Phi) is 3.24. The summed E-state index contributed by atoms with van der Waals surface area (Å²) in [5, 5.41) is 13.3. The smallest absolute Gasteiger partial charge is 0.244 e. The molecule has 0 radical (unpaired) electrons.